The first-order valence-electron chi connectivity index (χ1n) is 23.0. The van der Waals surface area contributed by atoms with Crippen molar-refractivity contribution in [1.29, 1.82) is 0 Å². The molecule has 6 unspecified atom stereocenters. The smallest absolute Gasteiger partial charge is 0.410 e. The molecule has 4 rings (SSSR count). The molecule has 1 aliphatic rings. The second-order valence-corrected chi connectivity index (χ2v) is 21.4. The molecule has 0 radical (unpaired) electrons. The van der Waals surface area contributed by atoms with Gasteiger partial charge in [-0.25, -0.2) is 4.79 Å². The summed E-state index contributed by atoms with van der Waals surface area (Å²) in [6.07, 6.45) is -7.00. The summed E-state index contributed by atoms with van der Waals surface area (Å²) in [4.78, 5) is 52.7. The fourth-order valence-electron chi connectivity index (χ4n) is 7.60. The first-order valence-corrected chi connectivity index (χ1v) is 23.8. The largest absolute Gasteiger partial charge is 0.455 e. The van der Waals surface area contributed by atoms with Crippen molar-refractivity contribution < 1.29 is 58.7 Å². The van der Waals surface area contributed by atoms with Gasteiger partial charge in [0.05, 0.1) is 30.4 Å². The zero-order valence-corrected chi connectivity index (χ0v) is 42.1. The molecule has 380 valence electrons. The third-order valence-corrected chi connectivity index (χ3v) is 13.7. The number of aliphatic hydroxyl groups excluding tert-OH is 4. The predicted molar refractivity (Wildman–Crippen MR) is 262 cm³/mol. The van der Waals surface area contributed by atoms with Gasteiger partial charge in [-0.1, -0.05) is 85.4 Å². The SMILES string of the molecule is BC(CC)(CC)SC(=C)c1ccc(C(=O)NCC(C)(C)COCC(C)(C)Cn2cc(CC(OC(=O)N(C)[C@H](C(N)=O)C(C)C)c3ccc(OC4OC(CO)C(O)C(O)C4O)c([N+](=O)[O-])c3)nn2)cc1. The van der Waals surface area contributed by atoms with E-state index < -0.39 is 88.6 Å². The minimum absolute atomic E-state index is 0.102. The second kappa shape index (κ2) is 24.2. The number of likely N-dealkylation sites (N-methyl/N-ethyl adjacent to an activating group) is 1. The van der Waals surface area contributed by atoms with Crippen molar-refractivity contribution in [2.45, 2.75) is 129 Å². The molecule has 3 aromatic rings. The zero-order chi connectivity index (χ0) is 51.6. The first kappa shape index (κ1) is 56.5. The zero-order valence-electron chi connectivity index (χ0n) is 41.3. The molecule has 1 saturated heterocycles. The van der Waals surface area contributed by atoms with Crippen LogP contribution in [0.3, 0.4) is 0 Å². The molecule has 0 bridgehead atoms. The molecular weight excluding hydrogens is 913 g/mol. The Bertz CT molecular complexity index is 2240. The number of benzene rings is 2. The number of nitrogens with zero attached hydrogens (tertiary/aromatic N) is 5. The lowest BCUT2D eigenvalue weighted by atomic mass is 9.82. The third kappa shape index (κ3) is 15.4. The molecule has 1 aliphatic heterocycles. The summed E-state index contributed by atoms with van der Waals surface area (Å²) in [5.41, 5.74) is 6.10. The van der Waals surface area contributed by atoms with Gasteiger partial charge in [0.1, 0.15) is 44.4 Å². The Balaban J connectivity index is 1.43. The van der Waals surface area contributed by atoms with Crippen LogP contribution in [-0.4, -0.2) is 146 Å². The normalized spacial score (nSPS) is 19.7. The van der Waals surface area contributed by atoms with E-state index in [1.165, 1.54) is 19.2 Å². The van der Waals surface area contributed by atoms with E-state index in [2.05, 4.69) is 43.9 Å². The van der Waals surface area contributed by atoms with Gasteiger partial charge in [0, 0.05) is 60.1 Å². The number of aromatic nitrogens is 3. The molecule has 69 heavy (non-hydrogen) atoms. The molecule has 22 heteroatoms. The van der Waals surface area contributed by atoms with Crippen LogP contribution in [0.5, 0.6) is 5.75 Å². The molecule has 3 amide bonds. The Hall–Kier alpha value is -5.10. The number of thioether (sulfide) groups is 1. The number of nitrogens with two attached hydrogens (primary N) is 1. The topological polar surface area (TPSA) is 284 Å². The third-order valence-electron chi connectivity index (χ3n) is 12.1. The Morgan fingerprint density at radius 2 is 1.65 bits per heavy atom. The fourth-order valence-corrected chi connectivity index (χ4v) is 8.73. The molecule has 0 spiro atoms. The van der Waals surface area contributed by atoms with E-state index in [1.54, 1.807) is 36.5 Å². The van der Waals surface area contributed by atoms with E-state index in [0.717, 1.165) is 34.3 Å². The van der Waals surface area contributed by atoms with Gasteiger partial charge in [-0.15, -0.1) is 16.9 Å². The average Bonchev–Trinajstić information content (AvgIpc) is 3.73. The number of carbonyl (C=O) groups is 3. The van der Waals surface area contributed by atoms with Crippen LogP contribution in [0, 0.1) is 26.9 Å². The van der Waals surface area contributed by atoms with Crippen LogP contribution in [0.25, 0.3) is 4.91 Å². The number of nitrogens with one attached hydrogen (secondary N) is 1. The Morgan fingerprint density at radius 1 is 1.03 bits per heavy atom. The van der Waals surface area contributed by atoms with Crippen molar-refractivity contribution >= 4 is 48.1 Å². The number of nitro benzene ring substituents is 1. The molecular formula is C47H70BN7O13S. The van der Waals surface area contributed by atoms with Gasteiger partial charge in [0.2, 0.25) is 12.2 Å². The number of nitro groups is 1. The number of ether oxygens (including phenoxy) is 4. The Labute approximate surface area is 408 Å². The van der Waals surface area contributed by atoms with Crippen LogP contribution in [0.4, 0.5) is 10.5 Å². The highest BCUT2D eigenvalue weighted by Crippen LogP contribution is 2.39. The molecule has 2 heterocycles. The summed E-state index contributed by atoms with van der Waals surface area (Å²) in [6, 6.07) is 10.1. The number of primary amides is 1. The standard InChI is InChI=1S/C47H70BN7O13S/c1-11-47(48,12-2)69-28(5)29-13-15-30(16-14-29)42(61)50-23-45(6,7)25-65-26-46(8,9)24-54-21-32(51-52-54)20-35(68-44(62)53(10)37(27(3)4)41(49)60)31-17-18-34(33(19-31)55(63)64)66-43-40(59)39(58)38(57)36(22-56)67-43/h13-19,21,27,35-40,43,56-59H,5,11-12,20,22-26,48H2,1-4,6-10H3,(H2,49,60)(H,50,61)/t35?,36?,37-,38?,39?,40?,43?/m0/s1. The number of hydrogen-bond acceptors (Lipinski definition) is 16. The van der Waals surface area contributed by atoms with Gasteiger partial charge < -0.3 is 50.4 Å². The number of aliphatic hydroxyl groups is 4. The molecule has 2 aromatic carbocycles. The monoisotopic (exact) mass is 983 g/mol. The van der Waals surface area contributed by atoms with E-state index >= 15 is 0 Å². The number of amides is 3. The highest BCUT2D eigenvalue weighted by molar-refractivity contribution is 8.10. The summed E-state index contributed by atoms with van der Waals surface area (Å²) in [5, 5.41) is 64.5. The molecule has 1 fully saturated rings. The summed E-state index contributed by atoms with van der Waals surface area (Å²) < 4.78 is 24.8. The van der Waals surface area contributed by atoms with Crippen molar-refractivity contribution in [2.75, 3.05) is 33.4 Å². The highest BCUT2D eigenvalue weighted by Gasteiger charge is 2.45. The molecule has 1 aromatic heterocycles. The Kier molecular flexibility index (Phi) is 19.8. The second-order valence-electron chi connectivity index (χ2n) is 19.7. The lowest BCUT2D eigenvalue weighted by Gasteiger charge is -2.39. The summed E-state index contributed by atoms with van der Waals surface area (Å²) in [7, 11) is 3.58. The van der Waals surface area contributed by atoms with E-state index in [0.29, 0.717) is 37.6 Å². The quantitative estimate of drug-likeness (QED) is 0.0402. The van der Waals surface area contributed by atoms with Crippen molar-refractivity contribution in [3.05, 3.63) is 87.7 Å². The van der Waals surface area contributed by atoms with Crippen molar-refractivity contribution in [1.82, 2.24) is 25.2 Å². The van der Waals surface area contributed by atoms with Gasteiger partial charge in [-0.2, -0.15) is 0 Å². The molecule has 0 saturated carbocycles. The van der Waals surface area contributed by atoms with E-state index in [9.17, 15) is 44.9 Å². The summed E-state index contributed by atoms with van der Waals surface area (Å²) in [5.74, 6) is -1.74. The average molecular weight is 984 g/mol. The maximum absolute atomic E-state index is 13.6. The van der Waals surface area contributed by atoms with E-state index in [1.807, 2.05) is 52.0 Å². The van der Waals surface area contributed by atoms with E-state index in [-0.39, 0.29) is 28.5 Å². The van der Waals surface area contributed by atoms with Crippen LogP contribution in [0.2, 0.25) is 0 Å². The Morgan fingerprint density at radius 3 is 2.23 bits per heavy atom. The van der Waals surface area contributed by atoms with Gasteiger partial charge in [0.15, 0.2) is 5.75 Å². The van der Waals surface area contributed by atoms with Crippen molar-refractivity contribution in [3.63, 3.8) is 0 Å². The minimum Gasteiger partial charge on any atom is -0.455 e. The predicted octanol–water partition coefficient (Wildman–Crippen LogP) is 3.58. The van der Waals surface area contributed by atoms with Crippen LogP contribution < -0.4 is 15.8 Å². The summed E-state index contributed by atoms with van der Waals surface area (Å²) >= 11 is 1.76. The fraction of sp³-hybridized carbons (Fsp3) is 0.596. The minimum atomic E-state index is -1.84. The van der Waals surface area contributed by atoms with Gasteiger partial charge in [-0.05, 0) is 52.7 Å². The molecule has 7 N–H and O–H groups in total. The lowest BCUT2D eigenvalue weighted by molar-refractivity contribution is -0.387. The van der Waals surface area contributed by atoms with Crippen LogP contribution in [-0.2, 0) is 32.0 Å². The van der Waals surface area contributed by atoms with Crippen molar-refractivity contribution in [2.24, 2.45) is 22.5 Å². The van der Waals surface area contributed by atoms with Gasteiger partial charge in [-0.3, -0.25) is 29.3 Å². The van der Waals surface area contributed by atoms with Crippen molar-refractivity contribution in [3.8, 4) is 5.75 Å². The van der Waals surface area contributed by atoms with Gasteiger partial charge in [0.25, 0.3) is 5.91 Å². The molecule has 20 nitrogen and oxygen atoms in total. The maximum Gasteiger partial charge on any atom is 0.410 e. The molecule has 7 atom stereocenters. The van der Waals surface area contributed by atoms with Crippen LogP contribution in [0.1, 0.15) is 102 Å². The van der Waals surface area contributed by atoms with E-state index in [4.69, 9.17) is 24.7 Å². The number of rotatable bonds is 25. The molecule has 0 aliphatic carbocycles. The lowest BCUT2D eigenvalue weighted by Crippen LogP contribution is -2.60. The maximum atomic E-state index is 13.6. The summed E-state index contributed by atoms with van der Waals surface area (Å²) in [6.45, 7) is 20.6. The van der Waals surface area contributed by atoms with Gasteiger partial charge >= 0.3 is 11.8 Å². The van der Waals surface area contributed by atoms with Crippen LogP contribution in [0.15, 0.2) is 55.2 Å². The number of carbonyl (C=O) groups excluding carboxylic acids is 3. The first-order chi connectivity index (χ1) is 32.2. The van der Waals surface area contributed by atoms with Crippen LogP contribution >= 0.6 is 11.8 Å². The highest BCUT2D eigenvalue weighted by atomic mass is 32.2. The number of hydrogen-bond donors (Lipinski definition) is 6.